The van der Waals surface area contributed by atoms with Crippen molar-refractivity contribution in [3.05, 3.63) is 28.8 Å². The number of nitrogens with zero attached hydrogens (tertiary/aromatic N) is 2. The topological polar surface area (TPSA) is 42.0 Å². The van der Waals surface area contributed by atoms with Crippen molar-refractivity contribution in [1.29, 1.82) is 0 Å². The number of carbonyl (C=O) groups is 1. The van der Waals surface area contributed by atoms with Gasteiger partial charge in [-0.05, 0) is 57.9 Å². The number of likely N-dealkylation sites (tertiary alicyclic amines) is 1. The smallest absolute Gasteiger partial charge is 0.416 e. The lowest BCUT2D eigenvalue weighted by molar-refractivity contribution is -0.137. The highest BCUT2D eigenvalue weighted by Crippen LogP contribution is 2.37. The van der Waals surface area contributed by atoms with Gasteiger partial charge in [0.15, 0.2) is 0 Å². The number of benzene rings is 1. The van der Waals surface area contributed by atoms with E-state index in [0.717, 1.165) is 11.6 Å². The molecule has 1 heterocycles. The molecule has 5 nitrogen and oxygen atoms in total. The van der Waals surface area contributed by atoms with E-state index in [1.54, 1.807) is 32.6 Å². The third-order valence-corrected chi connectivity index (χ3v) is 4.72. The van der Waals surface area contributed by atoms with Crippen molar-refractivity contribution in [2.24, 2.45) is 0 Å². The van der Waals surface area contributed by atoms with Crippen LogP contribution in [0.4, 0.5) is 23.7 Å². The maximum absolute atomic E-state index is 13.4. The minimum Gasteiger partial charge on any atom is -0.444 e. The number of hydrogen-bond acceptors (Lipinski definition) is 4. The second-order valence-electron chi connectivity index (χ2n) is 8.04. The molecule has 0 aliphatic carbocycles. The lowest BCUT2D eigenvalue weighted by Gasteiger charge is -2.46. The molecule has 0 radical (unpaired) electrons. The number of amides is 1. The van der Waals surface area contributed by atoms with Crippen LogP contribution in [0.5, 0.6) is 0 Å². The highest BCUT2D eigenvalue weighted by Gasteiger charge is 2.38. The SMILES string of the molecule is CCN(c1cc(C(F)(F)F)cc(COC)c1C)C1CN(C(=O)OC(C)(C)C)C1. The maximum Gasteiger partial charge on any atom is 0.416 e. The summed E-state index contributed by atoms with van der Waals surface area (Å²) in [6.07, 6.45) is -4.84. The molecule has 0 atom stereocenters. The van der Waals surface area contributed by atoms with E-state index in [0.29, 0.717) is 30.9 Å². The molecular weight excluding hydrogens is 373 g/mol. The molecule has 1 amide bonds. The van der Waals surface area contributed by atoms with Crippen LogP contribution in [0.1, 0.15) is 44.4 Å². The summed E-state index contributed by atoms with van der Waals surface area (Å²) in [4.78, 5) is 15.6. The Labute approximate surface area is 164 Å². The fraction of sp³-hybridized carbons (Fsp3) is 0.650. The summed E-state index contributed by atoms with van der Waals surface area (Å²) in [5.74, 6) is 0. The minimum absolute atomic E-state index is 0.0601. The van der Waals surface area contributed by atoms with Gasteiger partial charge in [0.2, 0.25) is 0 Å². The zero-order valence-electron chi connectivity index (χ0n) is 17.3. The van der Waals surface area contributed by atoms with Gasteiger partial charge in [-0.2, -0.15) is 13.2 Å². The van der Waals surface area contributed by atoms with E-state index in [2.05, 4.69) is 0 Å². The Kier molecular flexibility index (Phi) is 6.53. The third kappa shape index (κ3) is 5.10. The van der Waals surface area contributed by atoms with Gasteiger partial charge in [0.05, 0.1) is 18.2 Å². The van der Waals surface area contributed by atoms with Crippen LogP contribution in [0.3, 0.4) is 0 Å². The van der Waals surface area contributed by atoms with Crippen molar-refractivity contribution in [2.45, 2.75) is 59.0 Å². The zero-order chi connectivity index (χ0) is 21.3. The average molecular weight is 402 g/mol. The maximum atomic E-state index is 13.4. The van der Waals surface area contributed by atoms with E-state index in [4.69, 9.17) is 9.47 Å². The minimum atomic E-state index is -4.44. The van der Waals surface area contributed by atoms with E-state index >= 15 is 0 Å². The van der Waals surface area contributed by atoms with Crippen LogP contribution in [-0.2, 0) is 22.3 Å². The molecule has 0 spiro atoms. The molecule has 8 heteroatoms. The van der Waals surface area contributed by atoms with Crippen LogP contribution in [0.25, 0.3) is 0 Å². The summed E-state index contributed by atoms with van der Waals surface area (Å²) in [5, 5.41) is 0. The van der Waals surface area contributed by atoms with E-state index in [1.807, 2.05) is 11.8 Å². The van der Waals surface area contributed by atoms with Gasteiger partial charge < -0.3 is 19.3 Å². The Morgan fingerprint density at radius 3 is 2.32 bits per heavy atom. The van der Waals surface area contributed by atoms with Crippen LogP contribution in [-0.4, -0.2) is 49.4 Å². The van der Waals surface area contributed by atoms with Gasteiger partial charge in [0, 0.05) is 32.4 Å². The molecule has 28 heavy (non-hydrogen) atoms. The molecule has 0 unspecified atom stereocenters. The number of alkyl halides is 3. The molecule has 158 valence electrons. The fourth-order valence-electron chi connectivity index (χ4n) is 3.28. The average Bonchev–Trinajstić information content (AvgIpc) is 2.50. The molecule has 0 aromatic heterocycles. The largest absolute Gasteiger partial charge is 0.444 e. The number of anilines is 1. The number of ether oxygens (including phenoxy) is 2. The summed E-state index contributed by atoms with van der Waals surface area (Å²) in [7, 11) is 1.46. The summed E-state index contributed by atoms with van der Waals surface area (Å²) in [6, 6.07) is 2.27. The first-order valence-corrected chi connectivity index (χ1v) is 9.31. The standard InChI is InChI=1S/C20H29F3N2O3/c1-7-25(16-10-24(11-16)18(26)28-19(3,4)5)17-9-15(20(21,22)23)8-14(12-27-6)13(17)2/h8-9,16H,7,10-12H2,1-6H3. The van der Waals surface area contributed by atoms with E-state index in [-0.39, 0.29) is 12.6 Å². The Morgan fingerprint density at radius 1 is 1.25 bits per heavy atom. The number of likely N-dealkylation sites (N-methyl/N-ethyl adjacent to an activating group) is 1. The lowest BCUT2D eigenvalue weighted by atomic mass is 9.99. The highest BCUT2D eigenvalue weighted by atomic mass is 19.4. The van der Waals surface area contributed by atoms with Gasteiger partial charge in [0.25, 0.3) is 0 Å². The summed E-state index contributed by atoms with van der Waals surface area (Å²) < 4.78 is 50.6. The summed E-state index contributed by atoms with van der Waals surface area (Å²) in [5.41, 5.74) is 0.515. The fourth-order valence-corrected chi connectivity index (χ4v) is 3.28. The summed E-state index contributed by atoms with van der Waals surface area (Å²) >= 11 is 0. The molecule has 1 fully saturated rings. The van der Waals surface area contributed by atoms with Crippen molar-refractivity contribution >= 4 is 11.8 Å². The molecule has 1 aliphatic rings. The normalized spacial score (nSPS) is 15.4. The lowest BCUT2D eigenvalue weighted by Crippen LogP contribution is -2.62. The van der Waals surface area contributed by atoms with Crippen molar-refractivity contribution < 1.29 is 27.4 Å². The molecule has 0 N–H and O–H groups in total. The quantitative estimate of drug-likeness (QED) is 0.722. The molecule has 1 aromatic carbocycles. The van der Waals surface area contributed by atoms with Crippen LogP contribution in [0.15, 0.2) is 12.1 Å². The van der Waals surface area contributed by atoms with Crippen molar-refractivity contribution in [1.82, 2.24) is 4.90 Å². The Bertz CT molecular complexity index is 708. The van der Waals surface area contributed by atoms with Gasteiger partial charge in [-0.1, -0.05) is 0 Å². The number of methoxy groups -OCH3 is 1. The number of halogens is 3. The van der Waals surface area contributed by atoms with Gasteiger partial charge in [0.1, 0.15) is 5.60 Å². The Morgan fingerprint density at radius 2 is 1.86 bits per heavy atom. The Hall–Kier alpha value is -1.96. The van der Waals surface area contributed by atoms with E-state index in [9.17, 15) is 18.0 Å². The third-order valence-electron chi connectivity index (χ3n) is 4.72. The first-order chi connectivity index (χ1) is 12.9. The Balaban J connectivity index is 2.25. The highest BCUT2D eigenvalue weighted by molar-refractivity contribution is 5.70. The van der Waals surface area contributed by atoms with Crippen LogP contribution < -0.4 is 4.90 Å². The second kappa shape index (κ2) is 8.19. The van der Waals surface area contributed by atoms with Crippen LogP contribution in [0.2, 0.25) is 0 Å². The van der Waals surface area contributed by atoms with E-state index in [1.165, 1.54) is 13.2 Å². The van der Waals surface area contributed by atoms with E-state index < -0.39 is 23.4 Å². The molecule has 1 saturated heterocycles. The number of rotatable bonds is 5. The van der Waals surface area contributed by atoms with Gasteiger partial charge >= 0.3 is 12.3 Å². The summed E-state index contributed by atoms with van der Waals surface area (Å²) in [6.45, 7) is 10.5. The second-order valence-corrected chi connectivity index (χ2v) is 8.04. The number of carbonyl (C=O) groups excluding carboxylic acids is 1. The molecule has 2 rings (SSSR count). The molecular formula is C20H29F3N2O3. The van der Waals surface area contributed by atoms with Gasteiger partial charge in [-0.15, -0.1) is 0 Å². The predicted molar refractivity (Wildman–Crippen MR) is 102 cm³/mol. The molecule has 0 saturated carbocycles. The molecule has 1 aromatic rings. The van der Waals surface area contributed by atoms with Crippen molar-refractivity contribution in [3.8, 4) is 0 Å². The van der Waals surface area contributed by atoms with Gasteiger partial charge in [-0.25, -0.2) is 4.79 Å². The van der Waals surface area contributed by atoms with Gasteiger partial charge in [-0.3, -0.25) is 0 Å². The first kappa shape index (κ1) is 22.3. The van der Waals surface area contributed by atoms with Crippen molar-refractivity contribution in [3.63, 3.8) is 0 Å². The van der Waals surface area contributed by atoms with Crippen LogP contribution >= 0.6 is 0 Å². The molecule has 1 aliphatic heterocycles. The van der Waals surface area contributed by atoms with Crippen LogP contribution in [0, 0.1) is 6.92 Å². The predicted octanol–water partition coefficient (Wildman–Crippen LogP) is 4.61. The first-order valence-electron chi connectivity index (χ1n) is 9.31. The number of hydrogen-bond donors (Lipinski definition) is 0. The molecule has 0 bridgehead atoms. The zero-order valence-corrected chi connectivity index (χ0v) is 17.3. The van der Waals surface area contributed by atoms with Crippen molar-refractivity contribution in [2.75, 3.05) is 31.6 Å². The monoisotopic (exact) mass is 402 g/mol.